The molecule has 16 heavy (non-hydrogen) atoms. The molecule has 0 unspecified atom stereocenters. The minimum atomic E-state index is 0.304. The third-order valence-corrected chi connectivity index (χ3v) is 5.36. The van der Waals surface area contributed by atoms with Crippen molar-refractivity contribution in [3.63, 3.8) is 0 Å². The summed E-state index contributed by atoms with van der Waals surface area (Å²) in [5.41, 5.74) is 0.304. The first-order chi connectivity index (χ1) is 7.56. The van der Waals surface area contributed by atoms with Crippen LogP contribution in [0.1, 0.15) is 59.3 Å². The zero-order chi connectivity index (χ0) is 11.3. The molecule has 0 aromatic heterocycles. The van der Waals surface area contributed by atoms with Crippen molar-refractivity contribution in [2.75, 3.05) is 0 Å². The molecule has 4 bridgehead atoms. The monoisotopic (exact) mass is 222 g/mol. The van der Waals surface area contributed by atoms with E-state index in [4.69, 9.17) is 4.74 Å². The quantitative estimate of drug-likeness (QED) is 0.701. The Morgan fingerprint density at radius 2 is 1.31 bits per heavy atom. The van der Waals surface area contributed by atoms with Gasteiger partial charge in [0.2, 0.25) is 0 Å². The average molecular weight is 222 g/mol. The van der Waals surface area contributed by atoms with Gasteiger partial charge in [-0.15, -0.1) is 0 Å². The molecule has 0 aromatic rings. The summed E-state index contributed by atoms with van der Waals surface area (Å²) in [7, 11) is 0. The highest BCUT2D eigenvalue weighted by Crippen LogP contribution is 2.57. The number of rotatable bonds is 3. The van der Waals surface area contributed by atoms with Gasteiger partial charge in [-0.05, 0) is 69.1 Å². The van der Waals surface area contributed by atoms with Gasteiger partial charge in [0.25, 0.3) is 0 Å². The second kappa shape index (κ2) is 3.73. The molecule has 4 aliphatic carbocycles. The molecule has 92 valence electrons. The molecule has 1 heteroatoms. The molecule has 0 aromatic carbocycles. The third kappa shape index (κ3) is 1.81. The van der Waals surface area contributed by atoms with Crippen molar-refractivity contribution in [3.8, 4) is 0 Å². The first-order valence-electron chi connectivity index (χ1n) is 7.24. The number of ether oxygens (including phenoxy) is 1. The Morgan fingerprint density at radius 1 is 0.875 bits per heavy atom. The van der Waals surface area contributed by atoms with E-state index in [1.807, 2.05) is 0 Å². The zero-order valence-electron chi connectivity index (χ0n) is 11.0. The molecule has 4 rings (SSSR count). The molecule has 0 N–H and O–H groups in total. The number of hydrogen-bond acceptors (Lipinski definition) is 1. The van der Waals surface area contributed by atoms with Crippen molar-refractivity contribution in [3.05, 3.63) is 0 Å². The molecule has 0 spiro atoms. The molecule has 1 atom stereocenters. The van der Waals surface area contributed by atoms with E-state index in [9.17, 15) is 0 Å². The van der Waals surface area contributed by atoms with Gasteiger partial charge in [0.15, 0.2) is 0 Å². The van der Waals surface area contributed by atoms with E-state index in [2.05, 4.69) is 20.8 Å². The van der Waals surface area contributed by atoms with Gasteiger partial charge >= 0.3 is 0 Å². The molecule has 4 aliphatic rings. The van der Waals surface area contributed by atoms with Gasteiger partial charge in [0.1, 0.15) is 0 Å². The van der Waals surface area contributed by atoms with Crippen molar-refractivity contribution in [2.24, 2.45) is 23.7 Å². The molecule has 4 saturated carbocycles. The molecule has 0 amide bonds. The summed E-state index contributed by atoms with van der Waals surface area (Å²) in [6.45, 7) is 6.83. The Hall–Kier alpha value is -0.0400. The van der Waals surface area contributed by atoms with Gasteiger partial charge in [-0.3, -0.25) is 0 Å². The summed E-state index contributed by atoms with van der Waals surface area (Å²) in [5, 5.41) is 0. The largest absolute Gasteiger partial charge is 0.372 e. The summed E-state index contributed by atoms with van der Waals surface area (Å²) in [4.78, 5) is 0. The summed E-state index contributed by atoms with van der Waals surface area (Å²) in [6, 6.07) is 0. The van der Waals surface area contributed by atoms with E-state index in [1.165, 1.54) is 38.5 Å². The molecule has 0 radical (unpaired) electrons. The lowest BCUT2D eigenvalue weighted by atomic mass is 9.54. The van der Waals surface area contributed by atoms with Gasteiger partial charge in [0, 0.05) is 0 Å². The van der Waals surface area contributed by atoms with Crippen molar-refractivity contribution >= 4 is 0 Å². The Morgan fingerprint density at radius 3 is 1.69 bits per heavy atom. The lowest BCUT2D eigenvalue weighted by molar-refractivity contribution is -0.191. The molecule has 0 saturated heterocycles. The van der Waals surface area contributed by atoms with Gasteiger partial charge in [-0.2, -0.15) is 0 Å². The molecule has 4 fully saturated rings. The van der Waals surface area contributed by atoms with Crippen molar-refractivity contribution in [1.29, 1.82) is 0 Å². The zero-order valence-corrected chi connectivity index (χ0v) is 11.0. The minimum Gasteiger partial charge on any atom is -0.372 e. The van der Waals surface area contributed by atoms with Crippen LogP contribution in [-0.2, 0) is 4.74 Å². The summed E-state index contributed by atoms with van der Waals surface area (Å²) >= 11 is 0. The lowest BCUT2D eigenvalue weighted by Gasteiger charge is -2.57. The molecule has 0 heterocycles. The van der Waals surface area contributed by atoms with E-state index in [0.717, 1.165) is 17.8 Å². The van der Waals surface area contributed by atoms with Crippen LogP contribution in [0.25, 0.3) is 0 Å². The number of hydrogen-bond donors (Lipinski definition) is 0. The lowest BCUT2D eigenvalue weighted by Crippen LogP contribution is -2.53. The van der Waals surface area contributed by atoms with E-state index in [-0.39, 0.29) is 0 Å². The van der Waals surface area contributed by atoms with Crippen LogP contribution in [0, 0.1) is 23.7 Å². The van der Waals surface area contributed by atoms with E-state index in [0.29, 0.717) is 17.6 Å². The maximum absolute atomic E-state index is 6.51. The van der Waals surface area contributed by atoms with Crippen LogP contribution in [0.3, 0.4) is 0 Å². The molecular weight excluding hydrogens is 196 g/mol. The van der Waals surface area contributed by atoms with E-state index < -0.39 is 0 Å². The van der Waals surface area contributed by atoms with E-state index >= 15 is 0 Å². The van der Waals surface area contributed by atoms with E-state index in [1.54, 1.807) is 0 Å². The summed E-state index contributed by atoms with van der Waals surface area (Å²) in [5.74, 6) is 3.68. The van der Waals surface area contributed by atoms with Gasteiger partial charge in [-0.1, -0.05) is 13.8 Å². The van der Waals surface area contributed by atoms with Crippen LogP contribution in [0.4, 0.5) is 0 Å². The standard InChI is InChI=1S/C15H26O/c1-10(2)11(3)16-15-7-12-4-13(8-15)6-14(5-12)9-15/h10-14H,4-9H2,1-3H3/t11-,12?,13?,14?,15?/m0/s1. The normalized spacial score (nSPS) is 47.6. The Kier molecular flexibility index (Phi) is 2.58. The highest BCUT2D eigenvalue weighted by molar-refractivity contribution is 5.03. The first-order valence-corrected chi connectivity index (χ1v) is 7.24. The summed E-state index contributed by atoms with van der Waals surface area (Å²) < 4.78 is 6.51. The maximum atomic E-state index is 6.51. The maximum Gasteiger partial charge on any atom is 0.0694 e. The highest BCUT2D eigenvalue weighted by atomic mass is 16.5. The second-order valence-electron chi connectivity index (χ2n) is 7.17. The molecule has 1 nitrogen and oxygen atoms in total. The second-order valence-corrected chi connectivity index (χ2v) is 7.17. The third-order valence-electron chi connectivity index (χ3n) is 5.36. The molecular formula is C15H26O. The van der Waals surface area contributed by atoms with Crippen LogP contribution >= 0.6 is 0 Å². The van der Waals surface area contributed by atoms with Gasteiger partial charge in [-0.25, -0.2) is 0 Å². The molecule has 0 aliphatic heterocycles. The average Bonchev–Trinajstić information content (AvgIpc) is 2.13. The van der Waals surface area contributed by atoms with Crippen LogP contribution in [0.5, 0.6) is 0 Å². The smallest absolute Gasteiger partial charge is 0.0694 e. The fraction of sp³-hybridized carbons (Fsp3) is 1.00. The predicted octanol–water partition coefficient (Wildman–Crippen LogP) is 4.02. The van der Waals surface area contributed by atoms with Crippen molar-refractivity contribution < 1.29 is 4.74 Å². The Bertz CT molecular complexity index is 233. The predicted molar refractivity (Wildman–Crippen MR) is 66.3 cm³/mol. The van der Waals surface area contributed by atoms with Gasteiger partial charge < -0.3 is 4.74 Å². The van der Waals surface area contributed by atoms with Gasteiger partial charge in [0.05, 0.1) is 11.7 Å². The van der Waals surface area contributed by atoms with Crippen molar-refractivity contribution in [1.82, 2.24) is 0 Å². The van der Waals surface area contributed by atoms with Crippen molar-refractivity contribution in [2.45, 2.75) is 71.0 Å². The summed E-state index contributed by atoms with van der Waals surface area (Å²) in [6.07, 6.45) is 9.09. The topological polar surface area (TPSA) is 9.23 Å². The minimum absolute atomic E-state index is 0.304. The first kappa shape index (κ1) is 11.1. The van der Waals surface area contributed by atoms with Crippen LogP contribution in [0.15, 0.2) is 0 Å². The van der Waals surface area contributed by atoms with Crippen LogP contribution < -0.4 is 0 Å². The van der Waals surface area contributed by atoms with Crippen LogP contribution in [-0.4, -0.2) is 11.7 Å². The Labute approximate surface area is 99.9 Å². The van der Waals surface area contributed by atoms with Crippen LogP contribution in [0.2, 0.25) is 0 Å². The highest BCUT2D eigenvalue weighted by Gasteiger charge is 2.52. The Balaban J connectivity index is 1.73. The fourth-order valence-corrected chi connectivity index (χ4v) is 4.71. The fourth-order valence-electron chi connectivity index (χ4n) is 4.71. The SMILES string of the molecule is CC(C)[C@H](C)OC12CC3CC(CC(C3)C1)C2.